The highest BCUT2D eigenvalue weighted by Gasteiger charge is 2.39. The molecule has 1 amide bonds. The van der Waals surface area contributed by atoms with Gasteiger partial charge < -0.3 is 14.5 Å². The topological polar surface area (TPSA) is 131 Å². The number of hydroxylamine groups is 2. The van der Waals surface area contributed by atoms with Crippen LogP contribution in [0.5, 0.6) is 0 Å². The van der Waals surface area contributed by atoms with Gasteiger partial charge in [-0.25, -0.2) is 13.4 Å². The Morgan fingerprint density at radius 1 is 1.31 bits per heavy atom. The zero-order valence-electron chi connectivity index (χ0n) is 19.3. The Hall–Kier alpha value is -3.26. The van der Waals surface area contributed by atoms with E-state index in [0.717, 1.165) is 26.5 Å². The summed E-state index contributed by atoms with van der Waals surface area (Å²) in [5.74, 6) is 2.47. The monoisotopic (exact) mass is 525 g/mol. The van der Waals surface area contributed by atoms with E-state index < -0.39 is 22.0 Å². The van der Waals surface area contributed by atoms with Crippen molar-refractivity contribution in [3.63, 3.8) is 0 Å². The molecule has 0 spiro atoms. The zero-order chi connectivity index (χ0) is 25.4. The van der Waals surface area contributed by atoms with Crippen LogP contribution in [0, 0.1) is 23.7 Å². The van der Waals surface area contributed by atoms with Gasteiger partial charge in [0.05, 0.1) is 18.3 Å². The molecule has 1 unspecified atom stereocenters. The van der Waals surface area contributed by atoms with Gasteiger partial charge in [-0.3, -0.25) is 4.79 Å². The number of oxazole rings is 1. The number of benzene rings is 1. The third kappa shape index (κ3) is 4.50. The highest BCUT2D eigenvalue weighted by atomic mass is 32.2. The predicted molar refractivity (Wildman–Crippen MR) is 131 cm³/mol. The first-order chi connectivity index (χ1) is 17.3. The van der Waals surface area contributed by atoms with Crippen LogP contribution >= 0.6 is 11.3 Å². The Morgan fingerprint density at radius 3 is 2.92 bits per heavy atom. The Balaban J connectivity index is 1.38. The van der Waals surface area contributed by atoms with Gasteiger partial charge in [0.25, 0.3) is 15.9 Å². The number of hydrogen-bond donors (Lipinski definition) is 1. The molecule has 2 aliphatic heterocycles. The summed E-state index contributed by atoms with van der Waals surface area (Å²) >= 11 is 1.16. The molecule has 1 fully saturated rings. The number of carbonyl (C=O) groups is 1. The molecule has 0 radical (unpaired) electrons. The fourth-order valence-electron chi connectivity index (χ4n) is 4.54. The maximum atomic E-state index is 13.5. The number of piperazine rings is 1. The van der Waals surface area contributed by atoms with Gasteiger partial charge in [0, 0.05) is 55.3 Å². The second-order valence-electron chi connectivity index (χ2n) is 8.70. The van der Waals surface area contributed by atoms with E-state index >= 15 is 0 Å². The third-order valence-electron chi connectivity index (χ3n) is 6.45. The number of fused-ring (bicyclic) bond motifs is 2. The van der Waals surface area contributed by atoms with E-state index in [1.807, 2.05) is 0 Å². The summed E-state index contributed by atoms with van der Waals surface area (Å²) in [5.41, 5.74) is 1.31. The molecule has 10 nitrogen and oxygen atoms in total. The minimum absolute atomic E-state index is 0.0600. The lowest BCUT2D eigenvalue weighted by Gasteiger charge is -2.39. The van der Waals surface area contributed by atoms with Gasteiger partial charge in [0.2, 0.25) is 0 Å². The average Bonchev–Trinajstić information content (AvgIpc) is 3.50. The number of rotatable bonds is 5. The predicted octanol–water partition coefficient (Wildman–Crippen LogP) is 2.44. The van der Waals surface area contributed by atoms with Gasteiger partial charge in [-0.1, -0.05) is 12.0 Å². The lowest BCUT2D eigenvalue weighted by molar-refractivity contribution is -0.108. The minimum Gasteiger partial charge on any atom is -0.436 e. The molecule has 36 heavy (non-hydrogen) atoms. The third-order valence-corrected chi connectivity index (χ3v) is 9.86. The smallest absolute Gasteiger partial charge is 0.310 e. The summed E-state index contributed by atoms with van der Waals surface area (Å²) in [6, 6.07) is 8.57. The zero-order valence-corrected chi connectivity index (χ0v) is 20.9. The molecular weight excluding hydrogens is 502 g/mol. The molecule has 0 saturated carbocycles. The first-order valence-corrected chi connectivity index (χ1v) is 13.7. The number of thiophene rings is 1. The molecule has 2 aliphatic rings. The Morgan fingerprint density at radius 2 is 2.14 bits per heavy atom. The Bertz CT molecular complexity index is 1510. The van der Waals surface area contributed by atoms with Crippen LogP contribution in [0.15, 0.2) is 32.9 Å². The fourth-order valence-corrected chi connectivity index (χ4v) is 7.60. The molecular formula is C24H23N5O5S2. The molecule has 4 heterocycles. The maximum absolute atomic E-state index is 13.5. The van der Waals surface area contributed by atoms with Gasteiger partial charge in [-0.2, -0.15) is 14.6 Å². The summed E-state index contributed by atoms with van der Waals surface area (Å²) < 4.78 is 35.0. The van der Waals surface area contributed by atoms with Crippen LogP contribution < -0.4 is 0 Å². The molecule has 1 saturated heterocycles. The van der Waals surface area contributed by atoms with Crippen molar-refractivity contribution in [2.24, 2.45) is 0 Å². The number of sulfonamides is 1. The van der Waals surface area contributed by atoms with Gasteiger partial charge in [0.15, 0.2) is 0 Å². The van der Waals surface area contributed by atoms with E-state index in [1.165, 1.54) is 4.31 Å². The lowest BCUT2D eigenvalue weighted by Crippen LogP contribution is -2.56. The molecule has 0 bridgehead atoms. The van der Waals surface area contributed by atoms with E-state index in [1.54, 1.807) is 29.2 Å². The number of nitrogens with zero attached hydrogens (tertiary/aromatic N) is 5. The molecule has 3 aromatic rings. The van der Waals surface area contributed by atoms with Crippen molar-refractivity contribution in [2.45, 2.75) is 36.1 Å². The molecule has 2 aromatic heterocycles. The maximum Gasteiger partial charge on any atom is 0.310 e. The largest absolute Gasteiger partial charge is 0.436 e. The standard InChI is InChI=1S/C24H23N5O5S2/c1-2-16-5-6-17-13-22(35-21(17)12-16)36(32,33)28-10-11-29(18(14-28)4-3-8-25)24(30)23-26-19-7-9-27(31)15-20(19)34-23/h1,5-6,12-13,18,31H,3-4,7,9-11,14-15H2. The number of amides is 1. The van der Waals surface area contributed by atoms with Crippen molar-refractivity contribution in [2.75, 3.05) is 26.2 Å². The summed E-state index contributed by atoms with van der Waals surface area (Å²) in [7, 11) is -3.82. The van der Waals surface area contributed by atoms with Crippen LogP contribution in [-0.2, 0) is 23.0 Å². The molecule has 1 N–H and O–H groups in total. The van der Waals surface area contributed by atoms with E-state index in [4.69, 9.17) is 16.1 Å². The molecule has 1 atom stereocenters. The van der Waals surface area contributed by atoms with Gasteiger partial charge in [-0.05, 0) is 30.0 Å². The van der Waals surface area contributed by atoms with Crippen molar-refractivity contribution in [3.8, 4) is 18.4 Å². The molecule has 5 rings (SSSR count). The van der Waals surface area contributed by atoms with E-state index in [9.17, 15) is 18.4 Å². The second-order valence-corrected chi connectivity index (χ2v) is 12.0. The van der Waals surface area contributed by atoms with Gasteiger partial charge in [0.1, 0.15) is 9.97 Å². The number of nitriles is 1. The first kappa shape index (κ1) is 24.4. The SMILES string of the molecule is C#Cc1ccc2cc(S(=O)(=O)N3CCN(C(=O)c4nc5c(o4)CN(O)CC5)C(CCC#N)C3)sc2c1. The van der Waals surface area contributed by atoms with Crippen molar-refractivity contribution in [1.82, 2.24) is 19.3 Å². The molecule has 1 aromatic carbocycles. The number of hydrogen-bond acceptors (Lipinski definition) is 9. The summed E-state index contributed by atoms with van der Waals surface area (Å²) in [5, 5.41) is 20.8. The van der Waals surface area contributed by atoms with Crippen LogP contribution in [0.1, 0.15) is 40.5 Å². The number of carbonyl (C=O) groups excluding carboxylic acids is 1. The van der Waals surface area contributed by atoms with Crippen molar-refractivity contribution >= 4 is 37.4 Å². The summed E-state index contributed by atoms with van der Waals surface area (Å²) in [4.78, 5) is 19.2. The van der Waals surface area contributed by atoms with Gasteiger partial charge in [-0.15, -0.1) is 17.8 Å². The molecule has 186 valence electrons. The van der Waals surface area contributed by atoms with E-state index in [-0.39, 0.29) is 42.7 Å². The van der Waals surface area contributed by atoms with Gasteiger partial charge >= 0.3 is 5.91 Å². The quantitative estimate of drug-likeness (QED) is 0.503. The minimum atomic E-state index is -3.82. The van der Waals surface area contributed by atoms with Crippen LogP contribution in [0.2, 0.25) is 0 Å². The van der Waals surface area contributed by atoms with Crippen LogP contribution in [0.25, 0.3) is 10.1 Å². The van der Waals surface area contributed by atoms with Crippen LogP contribution in [0.4, 0.5) is 0 Å². The van der Waals surface area contributed by atoms with Crippen molar-refractivity contribution in [1.29, 1.82) is 5.26 Å². The second kappa shape index (κ2) is 9.65. The summed E-state index contributed by atoms with van der Waals surface area (Å²) in [6.07, 6.45) is 6.42. The fraction of sp³-hybridized carbons (Fsp3) is 0.375. The lowest BCUT2D eigenvalue weighted by atomic mass is 10.1. The number of aromatic nitrogens is 1. The number of terminal acetylenes is 1. The highest BCUT2D eigenvalue weighted by molar-refractivity contribution is 7.91. The van der Waals surface area contributed by atoms with E-state index in [2.05, 4.69) is 17.0 Å². The Kier molecular flexibility index (Phi) is 6.55. The van der Waals surface area contributed by atoms with E-state index in [0.29, 0.717) is 36.4 Å². The summed E-state index contributed by atoms with van der Waals surface area (Å²) in [6.45, 7) is 0.851. The van der Waals surface area contributed by atoms with Crippen LogP contribution in [-0.4, -0.2) is 71.0 Å². The van der Waals surface area contributed by atoms with Crippen molar-refractivity contribution in [3.05, 3.63) is 47.2 Å². The Labute approximate surface area is 212 Å². The van der Waals surface area contributed by atoms with Crippen LogP contribution in [0.3, 0.4) is 0 Å². The normalized spacial score (nSPS) is 19.1. The molecule has 0 aliphatic carbocycles. The highest BCUT2D eigenvalue weighted by Crippen LogP contribution is 2.33. The average molecular weight is 526 g/mol. The first-order valence-electron chi connectivity index (χ1n) is 11.4. The molecule has 12 heteroatoms. The van der Waals surface area contributed by atoms with Crippen molar-refractivity contribution < 1.29 is 22.8 Å².